The summed E-state index contributed by atoms with van der Waals surface area (Å²) in [7, 11) is 1.44. The summed E-state index contributed by atoms with van der Waals surface area (Å²) in [6.45, 7) is 0.223. The molecule has 2 aromatic rings. The van der Waals surface area contributed by atoms with Gasteiger partial charge in [-0.2, -0.15) is 4.39 Å². The maximum absolute atomic E-state index is 13.5. The van der Waals surface area contributed by atoms with Crippen molar-refractivity contribution < 1.29 is 19.2 Å². The molecule has 0 aliphatic heterocycles. The number of aromatic hydroxyl groups is 1. The van der Waals surface area contributed by atoms with Crippen LogP contribution in [0.1, 0.15) is 5.56 Å². The van der Waals surface area contributed by atoms with Gasteiger partial charge in [0.2, 0.25) is 5.82 Å². The highest BCUT2D eigenvalue weighted by molar-refractivity contribution is 5.52. The standard InChI is InChI=1S/C14H13FN2O4/c1-21-13-4-2-3-9(14(13)18)8-16-10-5-6-12(17(19)20)11(15)7-10/h2-7,16,18H,8H2,1H3. The smallest absolute Gasteiger partial charge is 0.304 e. The summed E-state index contributed by atoms with van der Waals surface area (Å²) < 4.78 is 18.5. The van der Waals surface area contributed by atoms with Gasteiger partial charge in [0.05, 0.1) is 12.0 Å². The number of ether oxygens (including phenoxy) is 1. The van der Waals surface area contributed by atoms with Gasteiger partial charge in [-0.3, -0.25) is 10.1 Å². The van der Waals surface area contributed by atoms with Crippen LogP contribution in [-0.2, 0) is 6.54 Å². The molecule has 0 aromatic heterocycles. The van der Waals surface area contributed by atoms with Crippen molar-refractivity contribution in [2.24, 2.45) is 0 Å². The third-order valence-corrected chi connectivity index (χ3v) is 2.93. The van der Waals surface area contributed by atoms with Gasteiger partial charge in [-0.1, -0.05) is 12.1 Å². The Bertz CT molecular complexity index is 676. The van der Waals surface area contributed by atoms with Gasteiger partial charge in [-0.05, 0) is 12.1 Å². The number of benzene rings is 2. The van der Waals surface area contributed by atoms with Crippen molar-refractivity contribution in [1.29, 1.82) is 0 Å². The van der Waals surface area contributed by atoms with E-state index in [9.17, 15) is 19.6 Å². The number of phenolic OH excluding ortho intramolecular Hbond substituents is 1. The van der Waals surface area contributed by atoms with E-state index in [0.29, 0.717) is 17.0 Å². The molecule has 0 amide bonds. The first-order valence-electron chi connectivity index (χ1n) is 6.05. The van der Waals surface area contributed by atoms with Crippen molar-refractivity contribution in [1.82, 2.24) is 0 Å². The Morgan fingerprint density at radius 2 is 2.14 bits per heavy atom. The highest BCUT2D eigenvalue weighted by Crippen LogP contribution is 2.30. The Morgan fingerprint density at radius 3 is 2.76 bits per heavy atom. The number of halogens is 1. The summed E-state index contributed by atoms with van der Waals surface area (Å²) in [5.41, 5.74) is 0.359. The second kappa shape index (κ2) is 6.08. The molecule has 0 spiro atoms. The SMILES string of the molecule is COc1cccc(CNc2ccc([N+](=O)[O-])c(F)c2)c1O. The lowest BCUT2D eigenvalue weighted by Crippen LogP contribution is -2.01. The van der Waals surface area contributed by atoms with E-state index in [1.165, 1.54) is 13.2 Å². The average Bonchev–Trinajstić information content (AvgIpc) is 2.46. The van der Waals surface area contributed by atoms with Crippen LogP contribution >= 0.6 is 0 Å². The van der Waals surface area contributed by atoms with Gasteiger partial charge in [0.25, 0.3) is 0 Å². The fraction of sp³-hybridized carbons (Fsp3) is 0.143. The lowest BCUT2D eigenvalue weighted by Gasteiger charge is -2.10. The molecule has 0 radical (unpaired) electrons. The van der Waals surface area contributed by atoms with E-state index >= 15 is 0 Å². The largest absolute Gasteiger partial charge is 0.504 e. The van der Waals surface area contributed by atoms with E-state index in [4.69, 9.17) is 4.74 Å². The van der Waals surface area contributed by atoms with Gasteiger partial charge in [-0.25, -0.2) is 0 Å². The highest BCUT2D eigenvalue weighted by Gasteiger charge is 2.14. The van der Waals surface area contributed by atoms with Crippen LogP contribution in [0.5, 0.6) is 11.5 Å². The number of nitrogens with zero attached hydrogens (tertiary/aromatic N) is 1. The Balaban J connectivity index is 2.14. The molecule has 2 N–H and O–H groups in total. The van der Waals surface area contributed by atoms with Crippen molar-refractivity contribution >= 4 is 11.4 Å². The number of hydrogen-bond acceptors (Lipinski definition) is 5. The van der Waals surface area contributed by atoms with Gasteiger partial charge in [0.15, 0.2) is 11.5 Å². The van der Waals surface area contributed by atoms with Crippen LogP contribution < -0.4 is 10.1 Å². The van der Waals surface area contributed by atoms with Crippen molar-refractivity contribution in [3.05, 3.63) is 57.9 Å². The highest BCUT2D eigenvalue weighted by atomic mass is 19.1. The molecule has 6 nitrogen and oxygen atoms in total. The van der Waals surface area contributed by atoms with Crippen LogP contribution in [0.4, 0.5) is 15.8 Å². The number of para-hydroxylation sites is 1. The van der Waals surface area contributed by atoms with Crippen LogP contribution in [0.2, 0.25) is 0 Å². The number of anilines is 1. The zero-order valence-electron chi connectivity index (χ0n) is 11.2. The maximum Gasteiger partial charge on any atom is 0.304 e. The predicted octanol–water partition coefficient (Wildman–Crippen LogP) is 3.06. The zero-order chi connectivity index (χ0) is 15.4. The van der Waals surface area contributed by atoms with Crippen LogP contribution in [0.3, 0.4) is 0 Å². The molecule has 21 heavy (non-hydrogen) atoms. The van der Waals surface area contributed by atoms with E-state index in [-0.39, 0.29) is 12.3 Å². The maximum atomic E-state index is 13.5. The predicted molar refractivity (Wildman–Crippen MR) is 75.0 cm³/mol. The molecule has 0 unspecified atom stereocenters. The molecule has 7 heteroatoms. The Kier molecular flexibility index (Phi) is 4.22. The van der Waals surface area contributed by atoms with Gasteiger partial charge in [0, 0.05) is 29.9 Å². The van der Waals surface area contributed by atoms with Gasteiger partial charge >= 0.3 is 5.69 Å². The summed E-state index contributed by atoms with van der Waals surface area (Å²) in [5.74, 6) is -0.584. The molecular formula is C14H13FN2O4. The van der Waals surface area contributed by atoms with Crippen LogP contribution in [0.25, 0.3) is 0 Å². The van der Waals surface area contributed by atoms with Crippen LogP contribution in [0.15, 0.2) is 36.4 Å². The summed E-state index contributed by atoms with van der Waals surface area (Å²) in [4.78, 5) is 9.74. The topological polar surface area (TPSA) is 84.6 Å². The molecule has 0 saturated carbocycles. The summed E-state index contributed by atoms with van der Waals surface area (Å²) in [5, 5.41) is 23.3. The molecule has 0 heterocycles. The summed E-state index contributed by atoms with van der Waals surface area (Å²) >= 11 is 0. The van der Waals surface area contributed by atoms with Crippen molar-refractivity contribution in [2.75, 3.05) is 12.4 Å². The molecule has 0 aliphatic carbocycles. The van der Waals surface area contributed by atoms with E-state index in [2.05, 4.69) is 5.32 Å². The Labute approximate surface area is 119 Å². The molecular weight excluding hydrogens is 279 g/mol. The number of phenols is 1. The monoisotopic (exact) mass is 292 g/mol. The van der Waals surface area contributed by atoms with E-state index in [1.54, 1.807) is 18.2 Å². The lowest BCUT2D eigenvalue weighted by molar-refractivity contribution is -0.387. The minimum atomic E-state index is -0.917. The van der Waals surface area contributed by atoms with E-state index < -0.39 is 16.4 Å². The number of nitrogens with one attached hydrogen (secondary N) is 1. The second-order valence-corrected chi connectivity index (χ2v) is 4.24. The quantitative estimate of drug-likeness (QED) is 0.653. The van der Waals surface area contributed by atoms with Gasteiger partial charge < -0.3 is 15.2 Å². The number of hydrogen-bond donors (Lipinski definition) is 2. The molecule has 0 fully saturated rings. The normalized spacial score (nSPS) is 10.2. The molecule has 0 atom stereocenters. The number of nitro groups is 1. The number of nitro benzene ring substituents is 1. The molecule has 0 aliphatic rings. The van der Waals surface area contributed by atoms with Gasteiger partial charge in [0.1, 0.15) is 0 Å². The Morgan fingerprint density at radius 1 is 1.38 bits per heavy atom. The molecule has 0 bridgehead atoms. The second-order valence-electron chi connectivity index (χ2n) is 4.24. The van der Waals surface area contributed by atoms with Crippen LogP contribution in [0, 0.1) is 15.9 Å². The summed E-state index contributed by atoms with van der Waals surface area (Å²) in [6, 6.07) is 8.54. The molecule has 2 rings (SSSR count). The number of rotatable bonds is 5. The minimum Gasteiger partial charge on any atom is -0.504 e. The number of methoxy groups -OCH3 is 1. The summed E-state index contributed by atoms with van der Waals surface area (Å²) in [6.07, 6.45) is 0. The third-order valence-electron chi connectivity index (χ3n) is 2.93. The average molecular weight is 292 g/mol. The van der Waals surface area contributed by atoms with Crippen molar-refractivity contribution in [3.63, 3.8) is 0 Å². The third kappa shape index (κ3) is 3.19. The first-order chi connectivity index (χ1) is 10.0. The lowest BCUT2D eigenvalue weighted by atomic mass is 10.1. The van der Waals surface area contributed by atoms with Crippen LogP contribution in [-0.4, -0.2) is 17.1 Å². The molecule has 110 valence electrons. The van der Waals surface area contributed by atoms with Crippen molar-refractivity contribution in [3.8, 4) is 11.5 Å². The zero-order valence-corrected chi connectivity index (χ0v) is 11.2. The Hall–Kier alpha value is -2.83. The first-order valence-corrected chi connectivity index (χ1v) is 6.05. The van der Waals surface area contributed by atoms with Gasteiger partial charge in [-0.15, -0.1) is 0 Å². The molecule has 0 saturated heterocycles. The first kappa shape index (κ1) is 14.6. The molecule has 2 aromatic carbocycles. The minimum absolute atomic E-state index is 0.00474. The van der Waals surface area contributed by atoms with Crippen molar-refractivity contribution in [2.45, 2.75) is 6.54 Å². The van der Waals surface area contributed by atoms with E-state index in [1.807, 2.05) is 0 Å². The van der Waals surface area contributed by atoms with E-state index in [0.717, 1.165) is 12.1 Å². The fourth-order valence-corrected chi connectivity index (χ4v) is 1.84. The fourth-order valence-electron chi connectivity index (χ4n) is 1.84.